The topological polar surface area (TPSA) is 60.2 Å². The van der Waals surface area contributed by atoms with E-state index in [0.29, 0.717) is 19.6 Å². The molecule has 0 aliphatic carbocycles. The van der Waals surface area contributed by atoms with Crippen LogP contribution in [0.3, 0.4) is 0 Å². The van der Waals surface area contributed by atoms with Gasteiger partial charge in [0.15, 0.2) is 0 Å². The molecule has 0 bridgehead atoms. The van der Waals surface area contributed by atoms with Crippen LogP contribution in [0.2, 0.25) is 0 Å². The summed E-state index contributed by atoms with van der Waals surface area (Å²) in [6, 6.07) is 3.97. The number of ether oxygens (including phenoxy) is 1. The second-order valence-electron chi connectivity index (χ2n) is 6.87. The van der Waals surface area contributed by atoms with Gasteiger partial charge in [-0.1, -0.05) is 6.07 Å². The fraction of sp³-hybridized carbons (Fsp3) is 0.471. The molecule has 6 nitrogen and oxygen atoms in total. The van der Waals surface area contributed by atoms with Gasteiger partial charge in [-0.25, -0.2) is 14.8 Å². The van der Waals surface area contributed by atoms with E-state index in [1.54, 1.807) is 11.1 Å². The van der Waals surface area contributed by atoms with Crippen LogP contribution in [-0.4, -0.2) is 37.7 Å². The molecule has 0 N–H and O–H groups in total. The van der Waals surface area contributed by atoms with Crippen LogP contribution in [0.5, 0.6) is 0 Å². The van der Waals surface area contributed by atoms with Gasteiger partial charge in [0.25, 0.3) is 0 Å². The normalized spacial score (nSPS) is 14.4. The molecule has 0 fully saturated rings. The summed E-state index contributed by atoms with van der Waals surface area (Å²) in [4.78, 5) is 22.7. The molecule has 1 aliphatic rings. The third kappa shape index (κ3) is 3.77. The van der Waals surface area contributed by atoms with E-state index in [9.17, 15) is 4.79 Å². The van der Waals surface area contributed by atoms with Crippen molar-refractivity contribution in [2.45, 2.75) is 45.9 Å². The molecule has 3 heterocycles. The summed E-state index contributed by atoms with van der Waals surface area (Å²) < 4.78 is 8.42. The lowest BCUT2D eigenvalue weighted by atomic mass is 10.1. The van der Waals surface area contributed by atoms with E-state index in [-0.39, 0.29) is 6.09 Å². The third-order valence-electron chi connectivity index (χ3n) is 3.82. The van der Waals surface area contributed by atoms with Crippen LogP contribution >= 0.6 is 15.9 Å². The Hall–Kier alpha value is -1.89. The van der Waals surface area contributed by atoms with E-state index < -0.39 is 5.60 Å². The molecule has 0 saturated heterocycles. The molecule has 0 aromatic carbocycles. The Kier molecular flexibility index (Phi) is 4.62. The molecule has 1 amide bonds. The predicted octanol–water partition coefficient (Wildman–Crippen LogP) is 3.38. The van der Waals surface area contributed by atoms with Crippen LogP contribution in [0.1, 0.15) is 37.7 Å². The average molecular weight is 393 g/mol. The van der Waals surface area contributed by atoms with E-state index in [1.165, 1.54) is 5.69 Å². The summed E-state index contributed by atoms with van der Waals surface area (Å²) in [6.07, 6.45) is 4.09. The molecular weight excluding hydrogens is 372 g/mol. The molecule has 0 radical (unpaired) electrons. The minimum absolute atomic E-state index is 0.280. The second-order valence-corrected chi connectivity index (χ2v) is 7.62. The maximum absolute atomic E-state index is 12.2. The highest BCUT2D eigenvalue weighted by Gasteiger charge is 2.28. The summed E-state index contributed by atoms with van der Waals surface area (Å²) in [5.41, 5.74) is 2.73. The largest absolute Gasteiger partial charge is 0.444 e. The number of rotatable bonds is 2. The number of hydrogen-bond donors (Lipinski definition) is 0. The quantitative estimate of drug-likeness (QED) is 0.734. The number of carbonyl (C=O) groups excluding carboxylic acids is 1. The van der Waals surface area contributed by atoms with Gasteiger partial charge in [-0.2, -0.15) is 0 Å². The lowest BCUT2D eigenvalue weighted by molar-refractivity contribution is 0.0220. The molecule has 1 aliphatic heterocycles. The molecule has 7 heteroatoms. The fourth-order valence-corrected chi connectivity index (χ4v) is 3.09. The Morgan fingerprint density at radius 2 is 2.17 bits per heavy atom. The zero-order valence-corrected chi connectivity index (χ0v) is 15.7. The molecule has 3 rings (SSSR count). The molecule has 0 unspecified atom stereocenters. The minimum atomic E-state index is -0.483. The average Bonchev–Trinajstić information content (AvgIpc) is 2.90. The van der Waals surface area contributed by atoms with Gasteiger partial charge in [-0.05, 0) is 42.8 Å². The van der Waals surface area contributed by atoms with Gasteiger partial charge in [0.2, 0.25) is 0 Å². The van der Waals surface area contributed by atoms with Crippen molar-refractivity contribution in [3.8, 4) is 0 Å². The number of nitrogens with zero attached hydrogens (tertiary/aromatic N) is 4. The highest BCUT2D eigenvalue weighted by atomic mass is 79.9. The first-order valence-corrected chi connectivity index (χ1v) is 8.73. The fourth-order valence-electron chi connectivity index (χ4n) is 2.71. The summed E-state index contributed by atoms with van der Waals surface area (Å²) >= 11 is 3.48. The summed E-state index contributed by atoms with van der Waals surface area (Å²) in [5, 5.41) is 0. The molecule has 128 valence electrons. The number of pyridine rings is 1. The van der Waals surface area contributed by atoms with Gasteiger partial charge < -0.3 is 14.2 Å². The number of aromatic nitrogens is 3. The van der Waals surface area contributed by atoms with Crippen molar-refractivity contribution in [3.63, 3.8) is 0 Å². The van der Waals surface area contributed by atoms with Gasteiger partial charge in [-0.3, -0.25) is 0 Å². The van der Waals surface area contributed by atoms with Crippen molar-refractivity contribution >= 4 is 22.0 Å². The Morgan fingerprint density at radius 1 is 1.38 bits per heavy atom. The second kappa shape index (κ2) is 6.55. The Morgan fingerprint density at radius 3 is 2.88 bits per heavy atom. The van der Waals surface area contributed by atoms with E-state index >= 15 is 0 Å². The Bertz CT molecular complexity index is 751. The molecule has 24 heavy (non-hydrogen) atoms. The summed E-state index contributed by atoms with van der Waals surface area (Å²) in [5.74, 6) is 0. The van der Waals surface area contributed by atoms with E-state index in [0.717, 1.165) is 22.3 Å². The summed E-state index contributed by atoms with van der Waals surface area (Å²) in [7, 11) is 0. The Labute approximate surface area is 150 Å². The molecule has 0 spiro atoms. The smallest absolute Gasteiger partial charge is 0.410 e. The molecule has 2 aromatic rings. The first-order chi connectivity index (χ1) is 11.3. The van der Waals surface area contributed by atoms with Crippen molar-refractivity contribution < 1.29 is 9.53 Å². The number of halogens is 1. The van der Waals surface area contributed by atoms with Crippen molar-refractivity contribution in [2.75, 3.05) is 6.54 Å². The van der Waals surface area contributed by atoms with Crippen LogP contribution in [0.25, 0.3) is 0 Å². The van der Waals surface area contributed by atoms with Gasteiger partial charge in [0.1, 0.15) is 10.2 Å². The first-order valence-electron chi connectivity index (χ1n) is 7.94. The van der Waals surface area contributed by atoms with Gasteiger partial charge in [0, 0.05) is 30.4 Å². The minimum Gasteiger partial charge on any atom is -0.444 e. The first kappa shape index (κ1) is 17.0. The molecular formula is C17H21BrN4O2. The monoisotopic (exact) mass is 392 g/mol. The lowest BCUT2D eigenvalue weighted by Gasteiger charge is -2.30. The molecule has 0 saturated carbocycles. The van der Waals surface area contributed by atoms with Gasteiger partial charge in [0.05, 0.1) is 25.1 Å². The van der Waals surface area contributed by atoms with Gasteiger partial charge >= 0.3 is 6.09 Å². The van der Waals surface area contributed by atoms with E-state index in [4.69, 9.17) is 4.74 Å². The number of imidazole rings is 1. The Balaban J connectivity index is 1.73. The van der Waals surface area contributed by atoms with Crippen LogP contribution < -0.4 is 0 Å². The van der Waals surface area contributed by atoms with Crippen molar-refractivity contribution in [3.05, 3.63) is 46.2 Å². The number of fused-ring (bicyclic) bond motifs is 1. The highest BCUT2D eigenvalue weighted by molar-refractivity contribution is 9.10. The number of hydrogen-bond acceptors (Lipinski definition) is 4. The number of amides is 1. The standard InChI is InChI=1S/C17H21BrN4O2/c1-17(2,3)24-16(23)21-8-6-14-13(10-21)20-11-22(14)9-12-5-4-7-19-15(12)18/h4-5,7,11H,6,8-10H2,1-3H3. The molecule has 0 atom stereocenters. The SMILES string of the molecule is CC(C)(C)OC(=O)N1CCc2c(ncn2Cc2cccnc2Br)C1. The van der Waals surface area contributed by atoms with Crippen molar-refractivity contribution in [1.82, 2.24) is 19.4 Å². The molecule has 2 aromatic heterocycles. The van der Waals surface area contributed by atoms with Crippen LogP contribution in [0, 0.1) is 0 Å². The highest BCUT2D eigenvalue weighted by Crippen LogP contribution is 2.22. The van der Waals surface area contributed by atoms with Crippen LogP contribution in [0.4, 0.5) is 4.79 Å². The lowest BCUT2D eigenvalue weighted by Crippen LogP contribution is -2.40. The van der Waals surface area contributed by atoms with Crippen molar-refractivity contribution in [1.29, 1.82) is 0 Å². The maximum Gasteiger partial charge on any atom is 0.410 e. The van der Waals surface area contributed by atoms with Crippen LogP contribution in [-0.2, 0) is 24.2 Å². The van der Waals surface area contributed by atoms with Gasteiger partial charge in [-0.15, -0.1) is 0 Å². The maximum atomic E-state index is 12.2. The van der Waals surface area contributed by atoms with Crippen molar-refractivity contribution in [2.24, 2.45) is 0 Å². The summed E-state index contributed by atoms with van der Waals surface area (Å²) in [6.45, 7) is 7.47. The zero-order valence-electron chi connectivity index (χ0n) is 14.1. The van der Waals surface area contributed by atoms with Crippen LogP contribution in [0.15, 0.2) is 29.3 Å². The third-order valence-corrected chi connectivity index (χ3v) is 4.53. The van der Waals surface area contributed by atoms with E-state index in [2.05, 4.69) is 30.5 Å². The zero-order chi connectivity index (χ0) is 17.3. The number of carbonyl (C=O) groups is 1. The van der Waals surface area contributed by atoms with E-state index in [1.807, 2.05) is 39.2 Å². The predicted molar refractivity (Wildman–Crippen MR) is 93.6 cm³/mol.